The number of anilines is 1. The molecule has 7 nitrogen and oxygen atoms in total. The minimum atomic E-state index is -3.73. The highest BCUT2D eigenvalue weighted by atomic mass is 32.2. The molecular formula is C11H18N4O3S. The third-order valence-corrected chi connectivity index (χ3v) is 3.70. The zero-order valence-electron chi connectivity index (χ0n) is 10.9. The van der Waals surface area contributed by atoms with Crippen molar-refractivity contribution in [3.05, 3.63) is 18.5 Å². The number of carbonyl (C=O) groups is 1. The lowest BCUT2D eigenvalue weighted by Gasteiger charge is -2.10. The number of nitrogens with one attached hydrogen (secondary N) is 2. The fourth-order valence-electron chi connectivity index (χ4n) is 1.39. The van der Waals surface area contributed by atoms with Crippen LogP contribution in [0.5, 0.6) is 0 Å². The van der Waals surface area contributed by atoms with E-state index in [2.05, 4.69) is 15.0 Å². The zero-order chi connectivity index (χ0) is 14.5. The molecule has 1 amide bonds. The van der Waals surface area contributed by atoms with Gasteiger partial charge in [-0.25, -0.2) is 13.1 Å². The summed E-state index contributed by atoms with van der Waals surface area (Å²) in [6, 6.07) is 1.43. The molecular weight excluding hydrogens is 268 g/mol. The van der Waals surface area contributed by atoms with E-state index in [1.54, 1.807) is 0 Å². The number of nitrogens with zero attached hydrogens (tertiary/aromatic N) is 1. The molecule has 8 heteroatoms. The molecule has 0 aliphatic heterocycles. The van der Waals surface area contributed by atoms with Gasteiger partial charge < -0.3 is 11.1 Å². The number of sulfonamides is 1. The maximum Gasteiger partial charge on any atom is 0.244 e. The molecule has 0 saturated carbocycles. The van der Waals surface area contributed by atoms with Crippen molar-refractivity contribution in [2.45, 2.75) is 31.2 Å². The number of nitrogens with two attached hydrogens (primary N) is 1. The fourth-order valence-corrected chi connectivity index (χ4v) is 2.49. The summed E-state index contributed by atoms with van der Waals surface area (Å²) in [7, 11) is -3.73. The predicted octanol–water partition coefficient (Wildman–Crippen LogP) is -0.143. The van der Waals surface area contributed by atoms with Gasteiger partial charge in [-0.05, 0) is 19.9 Å². The van der Waals surface area contributed by atoms with Gasteiger partial charge >= 0.3 is 0 Å². The molecule has 106 valence electrons. The Morgan fingerprint density at radius 1 is 1.47 bits per heavy atom. The molecule has 0 spiro atoms. The number of hydrogen-bond acceptors (Lipinski definition) is 5. The molecule has 4 N–H and O–H groups in total. The van der Waals surface area contributed by atoms with E-state index in [1.807, 2.05) is 13.8 Å². The summed E-state index contributed by atoms with van der Waals surface area (Å²) in [6.07, 6.45) is 2.65. The van der Waals surface area contributed by atoms with Crippen LogP contribution in [0.25, 0.3) is 0 Å². The van der Waals surface area contributed by atoms with Crippen LogP contribution in [0.4, 0.5) is 5.69 Å². The predicted molar refractivity (Wildman–Crippen MR) is 71.7 cm³/mol. The monoisotopic (exact) mass is 286 g/mol. The Morgan fingerprint density at radius 3 is 2.74 bits per heavy atom. The molecule has 0 aliphatic rings. The molecule has 19 heavy (non-hydrogen) atoms. The average Bonchev–Trinajstić information content (AvgIpc) is 2.27. The van der Waals surface area contributed by atoms with E-state index in [-0.39, 0.29) is 35.5 Å². The van der Waals surface area contributed by atoms with E-state index in [0.717, 1.165) is 0 Å². The number of hydrogen-bond donors (Lipinski definition) is 3. The van der Waals surface area contributed by atoms with Crippen LogP contribution in [0, 0.1) is 0 Å². The molecule has 0 atom stereocenters. The maximum atomic E-state index is 11.9. The van der Waals surface area contributed by atoms with Gasteiger partial charge in [-0.15, -0.1) is 0 Å². The first-order valence-electron chi connectivity index (χ1n) is 5.81. The molecule has 0 unspecified atom stereocenters. The van der Waals surface area contributed by atoms with E-state index >= 15 is 0 Å². The Bertz CT molecular complexity index is 543. The summed E-state index contributed by atoms with van der Waals surface area (Å²) < 4.78 is 26.1. The Morgan fingerprint density at radius 2 is 2.16 bits per heavy atom. The molecule has 1 heterocycles. The van der Waals surface area contributed by atoms with Gasteiger partial charge in [0.05, 0.1) is 5.69 Å². The summed E-state index contributed by atoms with van der Waals surface area (Å²) in [5, 5.41) is 2.67. The lowest BCUT2D eigenvalue weighted by molar-refractivity contribution is -0.121. The quantitative estimate of drug-likeness (QED) is 0.673. The fraction of sp³-hybridized carbons (Fsp3) is 0.455. The number of aromatic nitrogens is 1. The Kier molecular flexibility index (Phi) is 5.25. The Balaban J connectivity index is 2.58. The standard InChI is InChI=1S/C11H18N4O3S/c1-8(2)15-11(16)4-6-14-19(17,18)10-7-13-5-3-9(10)12/h3,5,7-8,14H,4,6H2,1-2H3,(H2,12,13)(H,15,16). The topological polar surface area (TPSA) is 114 Å². The van der Waals surface area contributed by atoms with Gasteiger partial charge in [0.15, 0.2) is 0 Å². The van der Waals surface area contributed by atoms with Crippen molar-refractivity contribution in [2.75, 3.05) is 12.3 Å². The van der Waals surface area contributed by atoms with Gasteiger partial charge in [-0.2, -0.15) is 0 Å². The van der Waals surface area contributed by atoms with E-state index in [4.69, 9.17) is 5.73 Å². The van der Waals surface area contributed by atoms with Crippen LogP contribution >= 0.6 is 0 Å². The van der Waals surface area contributed by atoms with Gasteiger partial charge in [0.25, 0.3) is 0 Å². The van der Waals surface area contributed by atoms with Crippen LogP contribution in [0.1, 0.15) is 20.3 Å². The van der Waals surface area contributed by atoms with E-state index < -0.39 is 10.0 Å². The second-order valence-corrected chi connectivity index (χ2v) is 6.02. The summed E-state index contributed by atoms with van der Waals surface area (Å²) in [5.41, 5.74) is 5.69. The van der Waals surface area contributed by atoms with Crippen molar-refractivity contribution < 1.29 is 13.2 Å². The van der Waals surface area contributed by atoms with Crippen molar-refractivity contribution in [1.82, 2.24) is 15.0 Å². The van der Waals surface area contributed by atoms with E-state index in [9.17, 15) is 13.2 Å². The van der Waals surface area contributed by atoms with Crippen LogP contribution < -0.4 is 15.8 Å². The number of carbonyl (C=O) groups excluding carboxylic acids is 1. The van der Waals surface area contributed by atoms with Crippen LogP contribution in [-0.2, 0) is 14.8 Å². The first-order chi connectivity index (χ1) is 8.83. The molecule has 1 aromatic rings. The molecule has 0 saturated heterocycles. The van der Waals surface area contributed by atoms with Gasteiger partial charge in [0.1, 0.15) is 4.90 Å². The highest BCUT2D eigenvalue weighted by Crippen LogP contribution is 2.14. The zero-order valence-corrected chi connectivity index (χ0v) is 11.7. The van der Waals surface area contributed by atoms with Crippen molar-refractivity contribution >= 4 is 21.6 Å². The third kappa shape index (κ3) is 4.84. The van der Waals surface area contributed by atoms with Gasteiger partial charge in [0, 0.05) is 31.4 Å². The van der Waals surface area contributed by atoms with E-state index in [0.29, 0.717) is 0 Å². The summed E-state index contributed by atoms with van der Waals surface area (Å²) in [5.74, 6) is -0.211. The van der Waals surface area contributed by atoms with Crippen molar-refractivity contribution in [3.63, 3.8) is 0 Å². The number of nitrogen functional groups attached to an aromatic ring is 1. The van der Waals surface area contributed by atoms with E-state index in [1.165, 1.54) is 18.5 Å². The Hall–Kier alpha value is -1.67. The smallest absolute Gasteiger partial charge is 0.244 e. The van der Waals surface area contributed by atoms with Gasteiger partial charge in [-0.3, -0.25) is 9.78 Å². The van der Waals surface area contributed by atoms with Crippen LogP contribution in [-0.4, -0.2) is 31.9 Å². The molecule has 0 aliphatic carbocycles. The number of pyridine rings is 1. The second kappa shape index (κ2) is 6.48. The lowest BCUT2D eigenvalue weighted by atomic mass is 10.3. The number of amides is 1. The largest absolute Gasteiger partial charge is 0.398 e. The minimum absolute atomic E-state index is 0.00915. The molecule has 0 aromatic carbocycles. The molecule has 1 rings (SSSR count). The highest BCUT2D eigenvalue weighted by Gasteiger charge is 2.17. The lowest BCUT2D eigenvalue weighted by Crippen LogP contribution is -2.34. The van der Waals surface area contributed by atoms with Crippen molar-refractivity contribution in [2.24, 2.45) is 0 Å². The molecule has 0 radical (unpaired) electrons. The van der Waals surface area contributed by atoms with Gasteiger partial charge in [-0.1, -0.05) is 0 Å². The van der Waals surface area contributed by atoms with Gasteiger partial charge in [0.2, 0.25) is 15.9 Å². The van der Waals surface area contributed by atoms with Crippen molar-refractivity contribution in [3.8, 4) is 0 Å². The second-order valence-electron chi connectivity index (χ2n) is 4.28. The summed E-state index contributed by atoms with van der Waals surface area (Å²) in [6.45, 7) is 3.67. The van der Waals surface area contributed by atoms with Crippen LogP contribution in [0.3, 0.4) is 0 Å². The molecule has 0 bridgehead atoms. The van der Waals surface area contributed by atoms with Crippen LogP contribution in [0.15, 0.2) is 23.4 Å². The van der Waals surface area contributed by atoms with Crippen LogP contribution in [0.2, 0.25) is 0 Å². The maximum absolute atomic E-state index is 11.9. The summed E-state index contributed by atoms with van der Waals surface area (Å²) >= 11 is 0. The highest BCUT2D eigenvalue weighted by molar-refractivity contribution is 7.89. The minimum Gasteiger partial charge on any atom is -0.398 e. The SMILES string of the molecule is CC(C)NC(=O)CCNS(=O)(=O)c1cnccc1N. The van der Waals surface area contributed by atoms with Crippen molar-refractivity contribution in [1.29, 1.82) is 0 Å². The Labute approximate surface area is 112 Å². The summed E-state index contributed by atoms with van der Waals surface area (Å²) in [4.78, 5) is 15.0. The first kappa shape index (κ1) is 15.4. The third-order valence-electron chi connectivity index (χ3n) is 2.20. The number of rotatable bonds is 6. The molecule has 1 aromatic heterocycles. The molecule has 0 fully saturated rings. The average molecular weight is 286 g/mol. The normalized spacial score (nSPS) is 11.5. The first-order valence-corrected chi connectivity index (χ1v) is 7.30.